The van der Waals surface area contributed by atoms with Crippen LogP contribution in [0.2, 0.25) is 0 Å². The Bertz CT molecular complexity index is 725. The van der Waals surface area contributed by atoms with Crippen LogP contribution in [0.1, 0.15) is 16.2 Å². The normalized spacial score (nSPS) is 11.4. The number of halogens is 3. The van der Waals surface area contributed by atoms with E-state index in [1.807, 2.05) is 0 Å². The number of nitrogens with one attached hydrogen (secondary N) is 1. The summed E-state index contributed by atoms with van der Waals surface area (Å²) in [6.45, 7) is 0.0670. The molecule has 0 spiro atoms. The van der Waals surface area contributed by atoms with Gasteiger partial charge in [-0.3, -0.25) is 9.59 Å². The molecule has 8 nitrogen and oxygen atoms in total. The van der Waals surface area contributed by atoms with Gasteiger partial charge in [-0.05, 0) is 12.1 Å². The van der Waals surface area contributed by atoms with Crippen molar-refractivity contribution in [3.05, 3.63) is 35.7 Å². The molecule has 0 fully saturated rings. The van der Waals surface area contributed by atoms with Gasteiger partial charge in [0.2, 0.25) is 5.82 Å². The van der Waals surface area contributed by atoms with Crippen LogP contribution in [0.15, 0.2) is 33.9 Å². The summed E-state index contributed by atoms with van der Waals surface area (Å²) in [4.78, 5) is 28.7. The van der Waals surface area contributed by atoms with Gasteiger partial charge >= 0.3 is 18.5 Å². The Morgan fingerprint density at radius 3 is 2.57 bits per heavy atom. The van der Waals surface area contributed by atoms with Crippen LogP contribution in [0.5, 0.6) is 0 Å². The highest BCUT2D eigenvalue weighted by molar-refractivity contribution is 6.00. The molecule has 2 rings (SSSR count). The number of alkyl halides is 3. The van der Waals surface area contributed by atoms with Gasteiger partial charge in [0, 0.05) is 11.1 Å². The van der Waals surface area contributed by atoms with Gasteiger partial charge in [0.1, 0.15) is 6.34 Å². The molecule has 0 aliphatic rings. The molecular weight excluding hydrogens is 321 g/mol. The first-order chi connectivity index (χ1) is 10.9. The van der Waals surface area contributed by atoms with Crippen LogP contribution < -0.4 is 5.32 Å². The number of amides is 1. The highest BCUT2D eigenvalue weighted by atomic mass is 19.4. The van der Waals surface area contributed by atoms with Crippen molar-refractivity contribution in [1.82, 2.24) is 15.5 Å². The smallest absolute Gasteiger partial charge is 0.329 e. The van der Waals surface area contributed by atoms with Crippen molar-refractivity contribution in [1.29, 1.82) is 0 Å². The van der Waals surface area contributed by atoms with Crippen LogP contribution in [0.4, 0.5) is 13.2 Å². The zero-order valence-corrected chi connectivity index (χ0v) is 11.1. The molecule has 11 heteroatoms. The monoisotopic (exact) mass is 328 g/mol. The number of oxime groups is 1. The summed E-state index contributed by atoms with van der Waals surface area (Å²) >= 11 is 0. The Kier molecular flexibility index (Phi) is 4.69. The van der Waals surface area contributed by atoms with Crippen LogP contribution in [0.3, 0.4) is 0 Å². The maximum atomic E-state index is 12.4. The predicted octanol–water partition coefficient (Wildman–Crippen LogP) is 1.60. The fourth-order valence-electron chi connectivity index (χ4n) is 1.45. The molecule has 0 radical (unpaired) electrons. The van der Waals surface area contributed by atoms with Crippen LogP contribution >= 0.6 is 0 Å². The first kappa shape index (κ1) is 16.1. The molecule has 0 bridgehead atoms. The Balaban J connectivity index is 2.08. The molecule has 1 aromatic carbocycles. The zero-order valence-electron chi connectivity index (χ0n) is 11.1. The van der Waals surface area contributed by atoms with Crippen molar-refractivity contribution in [2.45, 2.75) is 6.18 Å². The molecule has 23 heavy (non-hydrogen) atoms. The fraction of sp³-hybridized carbons (Fsp3) is 0.0833. The minimum atomic E-state index is -4.73. The van der Waals surface area contributed by atoms with Crippen molar-refractivity contribution < 1.29 is 32.1 Å². The summed E-state index contributed by atoms with van der Waals surface area (Å²) in [6.07, 6.45) is -3.87. The molecule has 2 aromatic rings. The third kappa shape index (κ3) is 4.12. The molecule has 1 aromatic heterocycles. The average Bonchev–Trinajstić information content (AvgIpc) is 3.02. The summed E-state index contributed by atoms with van der Waals surface area (Å²) < 4.78 is 41.2. The molecule has 0 saturated carbocycles. The van der Waals surface area contributed by atoms with Crippen LogP contribution in [-0.2, 0) is 15.8 Å². The number of aromatic nitrogens is 2. The molecule has 1 amide bonds. The standard InChI is InChI=1S/C12H7F3N4O4/c13-12(14,15)11-18-9(19-23-11)7-1-3-8(4-2-7)10(21)16-5-17-22-6-20/h1-6H,(H,16,17,21). The van der Waals surface area contributed by atoms with E-state index in [9.17, 15) is 22.8 Å². The van der Waals surface area contributed by atoms with E-state index in [1.165, 1.54) is 24.3 Å². The van der Waals surface area contributed by atoms with E-state index in [1.54, 1.807) is 0 Å². The summed E-state index contributed by atoms with van der Waals surface area (Å²) in [7, 11) is 0. The van der Waals surface area contributed by atoms with Gasteiger partial charge in [-0.2, -0.15) is 18.2 Å². The van der Waals surface area contributed by atoms with Gasteiger partial charge in [-0.15, -0.1) is 0 Å². The second-order valence-electron chi connectivity index (χ2n) is 3.91. The summed E-state index contributed by atoms with van der Waals surface area (Å²) in [6, 6.07) is 5.36. The van der Waals surface area contributed by atoms with Crippen LogP contribution in [0, 0.1) is 0 Å². The molecule has 0 saturated heterocycles. The summed E-state index contributed by atoms with van der Waals surface area (Å²) in [5.74, 6) is -2.29. The van der Waals surface area contributed by atoms with E-state index < -0.39 is 18.0 Å². The molecule has 1 heterocycles. The maximum Gasteiger partial charge on any atom is 0.471 e. The lowest BCUT2D eigenvalue weighted by molar-refractivity contribution is -0.159. The highest BCUT2D eigenvalue weighted by Crippen LogP contribution is 2.29. The average molecular weight is 328 g/mol. The molecule has 0 atom stereocenters. The van der Waals surface area contributed by atoms with Crippen LogP contribution in [-0.4, -0.2) is 28.9 Å². The second-order valence-corrected chi connectivity index (χ2v) is 3.91. The van der Waals surface area contributed by atoms with Crippen LogP contribution in [0.25, 0.3) is 11.4 Å². The Hall–Kier alpha value is -3.24. The number of nitrogens with zero attached hydrogens (tertiary/aromatic N) is 3. The van der Waals surface area contributed by atoms with E-state index in [2.05, 4.69) is 30.0 Å². The first-order valence-corrected chi connectivity index (χ1v) is 5.85. The molecule has 120 valence electrons. The van der Waals surface area contributed by atoms with Gasteiger partial charge in [-0.1, -0.05) is 22.4 Å². The van der Waals surface area contributed by atoms with E-state index in [0.717, 1.165) is 6.34 Å². The minimum Gasteiger partial charge on any atom is -0.329 e. The summed E-state index contributed by atoms with van der Waals surface area (Å²) in [5, 5.41) is 8.51. The SMILES string of the molecule is O=CO/N=C/NC(=O)c1ccc(-c2noc(C(F)(F)F)n2)cc1. The third-order valence-electron chi connectivity index (χ3n) is 2.43. The maximum absolute atomic E-state index is 12.4. The highest BCUT2D eigenvalue weighted by Gasteiger charge is 2.38. The lowest BCUT2D eigenvalue weighted by Crippen LogP contribution is -2.21. The number of hydrogen-bond donors (Lipinski definition) is 1. The third-order valence-corrected chi connectivity index (χ3v) is 2.43. The first-order valence-electron chi connectivity index (χ1n) is 5.85. The van der Waals surface area contributed by atoms with E-state index in [4.69, 9.17) is 0 Å². The molecular formula is C12H7F3N4O4. The zero-order chi connectivity index (χ0) is 16.9. The predicted molar refractivity (Wildman–Crippen MR) is 67.8 cm³/mol. The quantitative estimate of drug-likeness (QED) is 0.294. The Labute approximate surface area is 125 Å². The van der Waals surface area contributed by atoms with Gasteiger partial charge < -0.3 is 14.7 Å². The largest absolute Gasteiger partial charge is 0.471 e. The molecule has 0 aliphatic carbocycles. The van der Waals surface area contributed by atoms with Gasteiger partial charge in [0.05, 0.1) is 0 Å². The topological polar surface area (TPSA) is 107 Å². The lowest BCUT2D eigenvalue weighted by atomic mass is 10.1. The van der Waals surface area contributed by atoms with E-state index >= 15 is 0 Å². The van der Waals surface area contributed by atoms with Gasteiger partial charge in [-0.25, -0.2) is 0 Å². The number of carbonyl (C=O) groups excluding carboxylic acids is 2. The van der Waals surface area contributed by atoms with Crippen molar-refractivity contribution in [3.8, 4) is 11.4 Å². The van der Waals surface area contributed by atoms with Crippen molar-refractivity contribution >= 4 is 18.7 Å². The molecule has 1 N–H and O–H groups in total. The van der Waals surface area contributed by atoms with E-state index in [0.29, 0.717) is 0 Å². The minimum absolute atomic E-state index is 0.0670. The Morgan fingerprint density at radius 1 is 1.30 bits per heavy atom. The molecule has 0 aliphatic heterocycles. The van der Waals surface area contributed by atoms with Gasteiger partial charge in [0.15, 0.2) is 0 Å². The van der Waals surface area contributed by atoms with Crippen molar-refractivity contribution in [2.24, 2.45) is 5.16 Å². The Morgan fingerprint density at radius 2 is 2.00 bits per heavy atom. The van der Waals surface area contributed by atoms with Crippen molar-refractivity contribution in [3.63, 3.8) is 0 Å². The number of benzene rings is 1. The number of hydrogen-bond acceptors (Lipinski definition) is 7. The van der Waals surface area contributed by atoms with Crippen molar-refractivity contribution in [2.75, 3.05) is 0 Å². The number of rotatable bonds is 5. The van der Waals surface area contributed by atoms with E-state index in [-0.39, 0.29) is 23.4 Å². The lowest BCUT2D eigenvalue weighted by Gasteiger charge is -2.00. The number of carbonyl (C=O) groups is 2. The fourth-order valence-corrected chi connectivity index (χ4v) is 1.45. The second kappa shape index (κ2) is 6.68. The summed E-state index contributed by atoms with van der Waals surface area (Å²) in [5.41, 5.74) is 0.421. The van der Waals surface area contributed by atoms with Gasteiger partial charge in [0.25, 0.3) is 5.91 Å². The molecule has 0 unspecified atom stereocenters.